The number of para-hydroxylation sites is 1. The fourth-order valence-electron chi connectivity index (χ4n) is 3.95. The molecule has 0 aliphatic carbocycles. The van der Waals surface area contributed by atoms with Crippen LogP contribution in [-0.4, -0.2) is 63.3 Å². The van der Waals surface area contributed by atoms with Gasteiger partial charge in [-0.1, -0.05) is 24.3 Å². The maximum atomic E-state index is 14.2. The molecule has 0 saturated heterocycles. The third-order valence-corrected chi connectivity index (χ3v) is 7.62. The molecule has 0 radical (unpaired) electrons. The number of esters is 1. The average molecular weight is 458 g/mol. The van der Waals surface area contributed by atoms with E-state index in [9.17, 15) is 9.59 Å². The number of likely N-dealkylation sites (N-methyl/N-ethyl adjacent to an activating group) is 1. The lowest BCUT2D eigenvalue weighted by molar-refractivity contribution is -0.868. The lowest BCUT2D eigenvalue weighted by Crippen LogP contribution is -2.59. The van der Waals surface area contributed by atoms with Crippen molar-refractivity contribution in [2.24, 2.45) is 0 Å². The van der Waals surface area contributed by atoms with E-state index >= 15 is 0 Å². The SMILES string of the molecule is COc1ccc(C2(C)Sc3ccccc3N(CC[N+](C)(C)C)C(=O)C2(C)OC(C)=O)cc1. The minimum Gasteiger partial charge on any atom is -0.497 e. The maximum Gasteiger partial charge on any atom is 0.303 e. The molecule has 32 heavy (non-hydrogen) atoms. The molecule has 7 heteroatoms. The average Bonchev–Trinajstić information content (AvgIpc) is 2.79. The van der Waals surface area contributed by atoms with Crippen molar-refractivity contribution >= 4 is 29.3 Å². The van der Waals surface area contributed by atoms with Crippen molar-refractivity contribution in [3.8, 4) is 5.75 Å². The van der Waals surface area contributed by atoms with E-state index < -0.39 is 16.3 Å². The Labute approximate surface area is 195 Å². The quantitative estimate of drug-likeness (QED) is 0.483. The van der Waals surface area contributed by atoms with Gasteiger partial charge in [-0.3, -0.25) is 9.59 Å². The van der Waals surface area contributed by atoms with E-state index in [1.165, 1.54) is 6.92 Å². The Morgan fingerprint density at radius 3 is 2.25 bits per heavy atom. The zero-order valence-electron chi connectivity index (χ0n) is 20.0. The normalized spacial score (nSPS) is 23.3. The zero-order chi connectivity index (χ0) is 23.7. The topological polar surface area (TPSA) is 55.8 Å². The van der Waals surface area contributed by atoms with Crippen molar-refractivity contribution in [3.05, 3.63) is 54.1 Å². The molecule has 0 saturated carbocycles. The first-order chi connectivity index (χ1) is 14.9. The molecule has 2 aromatic carbocycles. The number of amides is 1. The van der Waals surface area contributed by atoms with Gasteiger partial charge in [0.05, 0.1) is 51.8 Å². The van der Waals surface area contributed by atoms with Gasteiger partial charge in [0.15, 0.2) is 0 Å². The summed E-state index contributed by atoms with van der Waals surface area (Å²) in [6.07, 6.45) is 0. The van der Waals surface area contributed by atoms with Gasteiger partial charge in [-0.15, -0.1) is 11.8 Å². The molecule has 0 N–H and O–H groups in total. The molecule has 2 aromatic rings. The highest BCUT2D eigenvalue weighted by atomic mass is 32.2. The Balaban J connectivity index is 2.21. The lowest BCUT2D eigenvalue weighted by atomic mass is 9.82. The molecule has 1 amide bonds. The van der Waals surface area contributed by atoms with Gasteiger partial charge in [-0.25, -0.2) is 0 Å². The maximum absolute atomic E-state index is 14.2. The first kappa shape index (κ1) is 24.1. The number of nitrogens with zero attached hydrogens (tertiary/aromatic N) is 2. The Morgan fingerprint density at radius 2 is 1.69 bits per heavy atom. The molecule has 2 atom stereocenters. The van der Waals surface area contributed by atoms with E-state index in [1.807, 2.05) is 55.5 Å². The van der Waals surface area contributed by atoms with Crippen LogP contribution >= 0.6 is 11.8 Å². The van der Waals surface area contributed by atoms with Gasteiger partial charge in [-0.05, 0) is 43.7 Å². The van der Waals surface area contributed by atoms with Crippen molar-refractivity contribution in [3.63, 3.8) is 0 Å². The van der Waals surface area contributed by atoms with Crippen LogP contribution in [0.4, 0.5) is 5.69 Å². The second-order valence-corrected chi connectivity index (χ2v) is 10.9. The molecule has 2 unspecified atom stereocenters. The van der Waals surface area contributed by atoms with E-state index in [2.05, 4.69) is 21.1 Å². The highest BCUT2D eigenvalue weighted by Crippen LogP contribution is 2.55. The van der Waals surface area contributed by atoms with Crippen LogP contribution in [0, 0.1) is 0 Å². The van der Waals surface area contributed by atoms with Crippen LogP contribution in [0.3, 0.4) is 0 Å². The van der Waals surface area contributed by atoms with Crippen LogP contribution in [-0.2, 0) is 19.1 Å². The number of methoxy groups -OCH3 is 1. The first-order valence-corrected chi connectivity index (χ1v) is 11.5. The highest BCUT2D eigenvalue weighted by Gasteiger charge is 2.58. The van der Waals surface area contributed by atoms with Crippen molar-refractivity contribution in [2.75, 3.05) is 46.2 Å². The van der Waals surface area contributed by atoms with Gasteiger partial charge in [0.2, 0.25) is 5.60 Å². The molecule has 1 aliphatic heterocycles. The van der Waals surface area contributed by atoms with Crippen LogP contribution in [0.15, 0.2) is 53.4 Å². The summed E-state index contributed by atoms with van der Waals surface area (Å²) in [5.41, 5.74) is 0.289. The van der Waals surface area contributed by atoms with Crippen LogP contribution in [0.2, 0.25) is 0 Å². The number of hydrogen-bond acceptors (Lipinski definition) is 5. The first-order valence-electron chi connectivity index (χ1n) is 10.7. The van der Waals surface area contributed by atoms with E-state index in [0.29, 0.717) is 11.0 Å². The largest absolute Gasteiger partial charge is 0.497 e. The fourth-order valence-corrected chi connectivity index (χ4v) is 5.40. The van der Waals surface area contributed by atoms with Crippen LogP contribution in [0.5, 0.6) is 5.75 Å². The highest BCUT2D eigenvalue weighted by molar-refractivity contribution is 8.00. The molecular formula is C25H33N2O4S+. The second kappa shape index (κ2) is 8.79. The Kier molecular flexibility index (Phi) is 6.63. The number of rotatable bonds is 6. The van der Waals surface area contributed by atoms with Crippen LogP contribution in [0.1, 0.15) is 26.3 Å². The van der Waals surface area contributed by atoms with Crippen molar-refractivity contribution < 1.29 is 23.5 Å². The Hall–Kier alpha value is -2.51. The molecule has 172 valence electrons. The van der Waals surface area contributed by atoms with E-state index in [0.717, 1.165) is 28.4 Å². The number of quaternary nitrogens is 1. The fraction of sp³-hybridized carbons (Fsp3) is 0.440. The summed E-state index contributed by atoms with van der Waals surface area (Å²) < 4.78 is 11.1. The van der Waals surface area contributed by atoms with Crippen molar-refractivity contribution in [1.82, 2.24) is 0 Å². The summed E-state index contributed by atoms with van der Waals surface area (Å²) in [5.74, 6) is 0.0112. The number of thioether (sulfide) groups is 1. The predicted octanol–water partition coefficient (Wildman–Crippen LogP) is 4.08. The number of fused-ring (bicyclic) bond motifs is 1. The predicted molar refractivity (Wildman–Crippen MR) is 128 cm³/mol. The molecule has 1 heterocycles. The molecule has 0 bridgehead atoms. The lowest BCUT2D eigenvalue weighted by Gasteiger charge is -2.43. The number of carbonyl (C=O) groups is 2. The molecule has 0 aromatic heterocycles. The van der Waals surface area contributed by atoms with Gasteiger partial charge >= 0.3 is 5.97 Å². The van der Waals surface area contributed by atoms with Crippen molar-refractivity contribution in [1.29, 1.82) is 0 Å². The standard InChI is InChI=1S/C25H33N2O4S/c1-18(28)31-24(2)23(29)26(16-17-27(4,5)6)21-10-8-9-11-22(21)32-25(24,3)19-12-14-20(30-7)15-13-19/h8-15H,16-17H2,1-7H3/q+1. The minimum absolute atomic E-state index is 0.225. The van der Waals surface area contributed by atoms with Gasteiger partial charge < -0.3 is 18.9 Å². The zero-order valence-corrected chi connectivity index (χ0v) is 20.8. The van der Waals surface area contributed by atoms with Crippen molar-refractivity contribution in [2.45, 2.75) is 36.0 Å². The molecule has 3 rings (SSSR count). The van der Waals surface area contributed by atoms with Crippen LogP contribution in [0.25, 0.3) is 0 Å². The van der Waals surface area contributed by atoms with Gasteiger partial charge in [0.25, 0.3) is 5.91 Å². The number of benzene rings is 2. The number of ether oxygens (including phenoxy) is 2. The van der Waals surface area contributed by atoms with E-state index in [4.69, 9.17) is 9.47 Å². The smallest absolute Gasteiger partial charge is 0.303 e. The van der Waals surface area contributed by atoms with Gasteiger partial charge in [-0.2, -0.15) is 0 Å². The molecule has 6 nitrogen and oxygen atoms in total. The summed E-state index contributed by atoms with van der Waals surface area (Å²) in [4.78, 5) is 29.2. The van der Waals surface area contributed by atoms with Crippen LogP contribution < -0.4 is 9.64 Å². The van der Waals surface area contributed by atoms with E-state index in [-0.39, 0.29) is 5.91 Å². The Morgan fingerprint density at radius 1 is 1.06 bits per heavy atom. The third kappa shape index (κ3) is 4.50. The molecule has 0 fully saturated rings. The summed E-state index contributed by atoms with van der Waals surface area (Å²) in [6, 6.07) is 15.5. The van der Waals surface area contributed by atoms with E-state index in [1.54, 1.807) is 30.7 Å². The minimum atomic E-state index is -1.43. The summed E-state index contributed by atoms with van der Waals surface area (Å²) >= 11 is 1.55. The monoisotopic (exact) mass is 457 g/mol. The molecular weight excluding hydrogens is 424 g/mol. The number of anilines is 1. The summed E-state index contributed by atoms with van der Waals surface area (Å²) in [5, 5.41) is 0. The third-order valence-electron chi connectivity index (χ3n) is 6.02. The summed E-state index contributed by atoms with van der Waals surface area (Å²) in [7, 11) is 7.90. The number of carbonyl (C=O) groups excluding carboxylic acids is 2. The second-order valence-electron chi connectivity index (χ2n) is 9.43. The van der Waals surface area contributed by atoms with Gasteiger partial charge in [0, 0.05) is 11.8 Å². The molecule has 1 aliphatic rings. The number of hydrogen-bond donors (Lipinski definition) is 0. The Bertz CT molecular complexity index is 1000. The van der Waals surface area contributed by atoms with Gasteiger partial charge in [0.1, 0.15) is 5.75 Å². The molecule has 0 spiro atoms. The summed E-state index contributed by atoms with van der Waals surface area (Å²) in [6.45, 7) is 6.32.